The predicted molar refractivity (Wildman–Crippen MR) is 94.7 cm³/mol. The van der Waals surface area contributed by atoms with Crippen molar-refractivity contribution in [2.75, 3.05) is 18.4 Å². The minimum Gasteiger partial charge on any atom is -0.370 e. The van der Waals surface area contributed by atoms with Crippen LogP contribution in [0.1, 0.15) is 24.6 Å². The highest BCUT2D eigenvalue weighted by atomic mass is 15.3. The monoisotopic (exact) mass is 309 g/mol. The summed E-state index contributed by atoms with van der Waals surface area (Å²) in [6.07, 6.45) is 1.82. The van der Waals surface area contributed by atoms with Crippen molar-refractivity contribution >= 4 is 11.5 Å². The zero-order chi connectivity index (χ0) is 16.2. The lowest BCUT2D eigenvalue weighted by Crippen LogP contribution is -2.12. The zero-order valence-corrected chi connectivity index (χ0v) is 13.7. The number of aryl methyl sites for hydroxylation is 2. The van der Waals surface area contributed by atoms with Gasteiger partial charge in [-0.25, -0.2) is 4.98 Å². The van der Waals surface area contributed by atoms with E-state index in [-0.39, 0.29) is 0 Å². The summed E-state index contributed by atoms with van der Waals surface area (Å²) >= 11 is 0. The summed E-state index contributed by atoms with van der Waals surface area (Å²) < 4.78 is 1.88. The number of aromatic nitrogens is 3. The molecule has 0 amide bonds. The maximum Gasteiger partial charge on any atom is 0.158 e. The normalized spacial score (nSPS) is 11.1. The molecule has 3 rings (SSSR count). The first kappa shape index (κ1) is 15.5. The standard InChI is InChI=1S/C18H23N5/c1-3-15-11-17(20-10-4-9-19)23-18(21-15)12-16(22-23)14-7-5-13(2)6-8-14/h5-8,11-12,20H,3-4,9-10,19H2,1-2H3. The molecule has 3 aromatic rings. The van der Waals surface area contributed by atoms with Crippen molar-refractivity contribution in [3.63, 3.8) is 0 Å². The summed E-state index contributed by atoms with van der Waals surface area (Å²) in [5.74, 6) is 0.971. The lowest BCUT2D eigenvalue weighted by molar-refractivity contribution is 0.848. The molecular formula is C18H23N5. The van der Waals surface area contributed by atoms with Crippen molar-refractivity contribution in [1.82, 2.24) is 14.6 Å². The molecule has 0 fully saturated rings. The Balaban J connectivity index is 2.02. The Labute approximate surface area is 136 Å². The molecule has 0 spiro atoms. The van der Waals surface area contributed by atoms with Crippen LogP contribution in [-0.2, 0) is 6.42 Å². The minimum absolute atomic E-state index is 0.676. The summed E-state index contributed by atoms with van der Waals surface area (Å²) in [5.41, 5.74) is 10.8. The third kappa shape index (κ3) is 3.35. The lowest BCUT2D eigenvalue weighted by Gasteiger charge is -2.09. The van der Waals surface area contributed by atoms with Gasteiger partial charge in [0, 0.05) is 29.9 Å². The fraction of sp³-hybridized carbons (Fsp3) is 0.333. The molecule has 0 aliphatic carbocycles. The van der Waals surface area contributed by atoms with Gasteiger partial charge >= 0.3 is 0 Å². The Hall–Kier alpha value is -2.40. The van der Waals surface area contributed by atoms with Gasteiger partial charge in [-0.1, -0.05) is 36.8 Å². The van der Waals surface area contributed by atoms with E-state index in [1.54, 1.807) is 0 Å². The van der Waals surface area contributed by atoms with E-state index >= 15 is 0 Å². The highest BCUT2D eigenvalue weighted by molar-refractivity contribution is 5.66. The summed E-state index contributed by atoms with van der Waals surface area (Å²) in [7, 11) is 0. The highest BCUT2D eigenvalue weighted by Gasteiger charge is 2.10. The smallest absolute Gasteiger partial charge is 0.158 e. The minimum atomic E-state index is 0.676. The van der Waals surface area contributed by atoms with Crippen LogP contribution in [0, 0.1) is 6.92 Å². The van der Waals surface area contributed by atoms with Gasteiger partial charge in [-0.05, 0) is 26.3 Å². The Kier molecular flexibility index (Phi) is 4.57. The van der Waals surface area contributed by atoms with Gasteiger partial charge in [-0.15, -0.1) is 0 Å². The average Bonchev–Trinajstić information content (AvgIpc) is 2.99. The third-order valence-corrected chi connectivity index (χ3v) is 3.88. The van der Waals surface area contributed by atoms with E-state index in [1.807, 2.05) is 10.6 Å². The first-order valence-corrected chi connectivity index (χ1v) is 8.12. The van der Waals surface area contributed by atoms with Gasteiger partial charge in [0.25, 0.3) is 0 Å². The van der Waals surface area contributed by atoms with E-state index in [0.29, 0.717) is 6.54 Å². The number of benzene rings is 1. The van der Waals surface area contributed by atoms with E-state index in [4.69, 9.17) is 10.8 Å². The van der Waals surface area contributed by atoms with Crippen molar-refractivity contribution in [1.29, 1.82) is 0 Å². The van der Waals surface area contributed by atoms with Crippen LogP contribution in [0.2, 0.25) is 0 Å². The largest absolute Gasteiger partial charge is 0.370 e. The molecular weight excluding hydrogens is 286 g/mol. The number of hydrogen-bond acceptors (Lipinski definition) is 4. The van der Waals surface area contributed by atoms with Gasteiger partial charge in [-0.2, -0.15) is 9.61 Å². The molecule has 3 N–H and O–H groups in total. The number of hydrogen-bond donors (Lipinski definition) is 2. The molecule has 2 aromatic heterocycles. The molecule has 0 bridgehead atoms. The van der Waals surface area contributed by atoms with Crippen LogP contribution in [0.15, 0.2) is 36.4 Å². The molecule has 23 heavy (non-hydrogen) atoms. The molecule has 5 heteroatoms. The second-order valence-electron chi connectivity index (χ2n) is 5.72. The second-order valence-corrected chi connectivity index (χ2v) is 5.72. The maximum absolute atomic E-state index is 5.58. The first-order chi connectivity index (χ1) is 11.2. The Morgan fingerprint density at radius 3 is 2.65 bits per heavy atom. The van der Waals surface area contributed by atoms with Crippen molar-refractivity contribution in [2.24, 2.45) is 5.73 Å². The number of nitrogens with zero attached hydrogens (tertiary/aromatic N) is 3. The molecule has 0 aliphatic rings. The third-order valence-electron chi connectivity index (χ3n) is 3.88. The number of rotatable bonds is 6. The van der Waals surface area contributed by atoms with E-state index in [9.17, 15) is 0 Å². The summed E-state index contributed by atoms with van der Waals surface area (Å²) in [6.45, 7) is 5.70. The van der Waals surface area contributed by atoms with Crippen LogP contribution in [0.4, 0.5) is 5.82 Å². The van der Waals surface area contributed by atoms with Gasteiger partial charge in [0.1, 0.15) is 5.82 Å². The van der Waals surface area contributed by atoms with Crippen LogP contribution >= 0.6 is 0 Å². The van der Waals surface area contributed by atoms with Gasteiger partial charge < -0.3 is 11.1 Å². The first-order valence-electron chi connectivity index (χ1n) is 8.12. The molecule has 0 aliphatic heterocycles. The number of fused-ring (bicyclic) bond motifs is 1. The van der Waals surface area contributed by atoms with E-state index in [0.717, 1.165) is 47.8 Å². The molecule has 0 radical (unpaired) electrons. The quantitative estimate of drug-likeness (QED) is 0.687. The Morgan fingerprint density at radius 2 is 1.96 bits per heavy atom. The number of nitrogens with two attached hydrogens (primary N) is 1. The molecule has 0 saturated heterocycles. The van der Waals surface area contributed by atoms with Gasteiger partial charge in [-0.3, -0.25) is 0 Å². The van der Waals surface area contributed by atoms with Crippen molar-refractivity contribution in [2.45, 2.75) is 26.7 Å². The highest BCUT2D eigenvalue weighted by Crippen LogP contribution is 2.22. The number of nitrogens with one attached hydrogen (secondary N) is 1. The van der Waals surface area contributed by atoms with Crippen molar-refractivity contribution in [3.8, 4) is 11.3 Å². The molecule has 0 saturated carbocycles. The molecule has 120 valence electrons. The zero-order valence-electron chi connectivity index (χ0n) is 13.7. The molecule has 0 atom stereocenters. The topological polar surface area (TPSA) is 68.2 Å². The van der Waals surface area contributed by atoms with Crippen molar-refractivity contribution in [3.05, 3.63) is 47.7 Å². The summed E-state index contributed by atoms with van der Waals surface area (Å²) in [5, 5.41) is 8.14. The maximum atomic E-state index is 5.58. The predicted octanol–water partition coefficient (Wildman–Crippen LogP) is 3.03. The molecule has 5 nitrogen and oxygen atoms in total. The average molecular weight is 309 g/mol. The van der Waals surface area contributed by atoms with Crippen LogP contribution in [0.5, 0.6) is 0 Å². The van der Waals surface area contributed by atoms with Crippen LogP contribution in [0.3, 0.4) is 0 Å². The summed E-state index contributed by atoms with van der Waals surface area (Å²) in [4.78, 5) is 4.68. The molecule has 1 aromatic carbocycles. The van der Waals surface area contributed by atoms with Crippen LogP contribution in [0.25, 0.3) is 16.9 Å². The van der Waals surface area contributed by atoms with Gasteiger partial charge in [0.05, 0.1) is 5.69 Å². The second kappa shape index (κ2) is 6.79. The van der Waals surface area contributed by atoms with E-state index < -0.39 is 0 Å². The summed E-state index contributed by atoms with van der Waals surface area (Å²) in [6, 6.07) is 12.5. The Morgan fingerprint density at radius 1 is 1.17 bits per heavy atom. The fourth-order valence-electron chi connectivity index (χ4n) is 2.52. The van der Waals surface area contributed by atoms with E-state index in [2.05, 4.69) is 54.5 Å². The Bertz CT molecular complexity index is 789. The van der Waals surface area contributed by atoms with Gasteiger partial charge in [0.15, 0.2) is 5.65 Å². The van der Waals surface area contributed by atoms with Gasteiger partial charge in [0.2, 0.25) is 0 Å². The molecule has 2 heterocycles. The molecule has 0 unspecified atom stereocenters. The number of anilines is 1. The van der Waals surface area contributed by atoms with Crippen molar-refractivity contribution < 1.29 is 0 Å². The van der Waals surface area contributed by atoms with Crippen LogP contribution in [-0.4, -0.2) is 27.7 Å². The van der Waals surface area contributed by atoms with E-state index in [1.165, 1.54) is 5.56 Å². The fourth-order valence-corrected chi connectivity index (χ4v) is 2.52. The lowest BCUT2D eigenvalue weighted by atomic mass is 10.1. The SMILES string of the molecule is CCc1cc(NCCCN)n2nc(-c3ccc(C)cc3)cc2n1. The van der Waals surface area contributed by atoms with Crippen LogP contribution < -0.4 is 11.1 Å².